The Kier molecular flexibility index (Phi) is 5.09. The first kappa shape index (κ1) is 20.8. The highest BCUT2D eigenvalue weighted by molar-refractivity contribution is 6.46. The molecule has 0 radical (unpaired) electrons. The fourth-order valence-corrected chi connectivity index (χ4v) is 3.93. The van der Waals surface area contributed by atoms with Crippen LogP contribution in [0.2, 0.25) is 0 Å². The number of nitrogens with one attached hydrogen (secondary N) is 1. The van der Waals surface area contributed by atoms with Crippen molar-refractivity contribution in [3.63, 3.8) is 0 Å². The number of anilines is 2. The van der Waals surface area contributed by atoms with Gasteiger partial charge in [0.05, 0.1) is 11.3 Å². The SMILES string of the molecule is Cc1ccc(C2=C(Nc3ccc4c(c3)OCCO4)C(=O)N(c3cccc(F)c3)C2=O)cc1C. The highest BCUT2D eigenvalue weighted by Crippen LogP contribution is 2.37. The molecule has 1 N–H and O–H groups in total. The maximum atomic E-state index is 13.9. The number of halogens is 1. The van der Waals surface area contributed by atoms with E-state index in [1.807, 2.05) is 32.0 Å². The van der Waals surface area contributed by atoms with E-state index in [1.54, 1.807) is 18.2 Å². The van der Waals surface area contributed by atoms with Gasteiger partial charge in [0.15, 0.2) is 11.5 Å². The van der Waals surface area contributed by atoms with Crippen LogP contribution in [0.5, 0.6) is 11.5 Å². The third-order valence-electron chi connectivity index (χ3n) is 5.76. The number of hydrogen-bond donors (Lipinski definition) is 1. The highest BCUT2D eigenvalue weighted by Gasteiger charge is 2.40. The first-order chi connectivity index (χ1) is 15.9. The summed E-state index contributed by atoms with van der Waals surface area (Å²) in [6.45, 7) is 4.82. The maximum absolute atomic E-state index is 13.9. The van der Waals surface area contributed by atoms with E-state index in [-0.39, 0.29) is 17.0 Å². The molecule has 0 aliphatic carbocycles. The van der Waals surface area contributed by atoms with Crippen LogP contribution in [0.3, 0.4) is 0 Å². The van der Waals surface area contributed by atoms with Gasteiger partial charge in [-0.2, -0.15) is 0 Å². The van der Waals surface area contributed by atoms with Crippen LogP contribution in [-0.4, -0.2) is 25.0 Å². The standard InChI is InChI=1S/C26H21FN2O4/c1-15-6-7-17(12-16(15)2)23-24(28-19-8-9-21-22(14-19)33-11-10-32-21)26(31)29(25(23)30)20-5-3-4-18(27)13-20/h3-9,12-14,28H,10-11H2,1-2H3. The molecular formula is C26H21FN2O4. The largest absolute Gasteiger partial charge is 0.486 e. The van der Waals surface area contributed by atoms with Crippen LogP contribution in [0.25, 0.3) is 5.57 Å². The summed E-state index contributed by atoms with van der Waals surface area (Å²) >= 11 is 0. The van der Waals surface area contributed by atoms with Gasteiger partial charge >= 0.3 is 0 Å². The van der Waals surface area contributed by atoms with Crippen molar-refractivity contribution < 1.29 is 23.5 Å². The Labute approximate surface area is 190 Å². The highest BCUT2D eigenvalue weighted by atomic mass is 19.1. The quantitative estimate of drug-likeness (QED) is 0.596. The Morgan fingerprint density at radius 1 is 0.848 bits per heavy atom. The Morgan fingerprint density at radius 3 is 2.39 bits per heavy atom. The number of rotatable bonds is 4. The zero-order valence-corrected chi connectivity index (χ0v) is 18.1. The van der Waals surface area contributed by atoms with Crippen LogP contribution in [-0.2, 0) is 9.59 Å². The normalized spacial score (nSPS) is 15.3. The fraction of sp³-hybridized carbons (Fsp3) is 0.154. The van der Waals surface area contributed by atoms with Gasteiger partial charge in [0.25, 0.3) is 11.8 Å². The molecule has 33 heavy (non-hydrogen) atoms. The molecule has 2 aliphatic rings. The van der Waals surface area contributed by atoms with Crippen molar-refractivity contribution in [3.8, 4) is 11.5 Å². The number of aryl methyl sites for hydroxylation is 2. The van der Waals surface area contributed by atoms with Gasteiger partial charge in [0, 0.05) is 11.8 Å². The molecule has 0 atom stereocenters. The number of nitrogens with zero attached hydrogens (tertiary/aromatic N) is 1. The van der Waals surface area contributed by atoms with E-state index in [2.05, 4.69) is 5.32 Å². The summed E-state index contributed by atoms with van der Waals surface area (Å²) < 4.78 is 25.1. The van der Waals surface area contributed by atoms with Crippen LogP contribution < -0.4 is 19.7 Å². The zero-order chi connectivity index (χ0) is 23.1. The first-order valence-electron chi connectivity index (χ1n) is 10.6. The van der Waals surface area contributed by atoms with E-state index >= 15 is 0 Å². The monoisotopic (exact) mass is 444 g/mol. The van der Waals surface area contributed by atoms with E-state index in [0.29, 0.717) is 36.0 Å². The van der Waals surface area contributed by atoms with Crippen LogP contribution in [0, 0.1) is 19.7 Å². The van der Waals surface area contributed by atoms with Gasteiger partial charge in [0.2, 0.25) is 0 Å². The molecule has 166 valence electrons. The number of carbonyl (C=O) groups excluding carboxylic acids is 2. The predicted octanol–water partition coefficient (Wildman–Crippen LogP) is 4.61. The summed E-state index contributed by atoms with van der Waals surface area (Å²) in [5.74, 6) is -0.444. The van der Waals surface area contributed by atoms with Crippen molar-refractivity contribution in [1.29, 1.82) is 0 Å². The molecular weight excluding hydrogens is 423 g/mol. The molecule has 2 aliphatic heterocycles. The number of hydrogen-bond acceptors (Lipinski definition) is 5. The number of imide groups is 1. The lowest BCUT2D eigenvalue weighted by Crippen LogP contribution is -2.32. The number of ether oxygens (including phenoxy) is 2. The van der Waals surface area contributed by atoms with Gasteiger partial charge in [-0.1, -0.05) is 24.3 Å². The molecule has 0 spiro atoms. The Hall–Kier alpha value is -4.13. The minimum atomic E-state index is -0.561. The number of carbonyl (C=O) groups is 2. The van der Waals surface area contributed by atoms with Crippen molar-refractivity contribution in [2.24, 2.45) is 0 Å². The van der Waals surface area contributed by atoms with Crippen molar-refractivity contribution in [3.05, 3.63) is 88.9 Å². The molecule has 7 heteroatoms. The lowest BCUT2D eigenvalue weighted by molar-refractivity contribution is -0.120. The average Bonchev–Trinajstić information content (AvgIpc) is 3.05. The number of amides is 2. The molecule has 0 bridgehead atoms. The second-order valence-electron chi connectivity index (χ2n) is 7.96. The van der Waals surface area contributed by atoms with Crippen molar-refractivity contribution >= 4 is 28.8 Å². The van der Waals surface area contributed by atoms with Gasteiger partial charge in [-0.15, -0.1) is 0 Å². The van der Waals surface area contributed by atoms with Crippen molar-refractivity contribution in [2.75, 3.05) is 23.4 Å². The molecule has 3 aromatic carbocycles. The summed E-state index contributed by atoms with van der Waals surface area (Å²) in [7, 11) is 0. The predicted molar refractivity (Wildman–Crippen MR) is 123 cm³/mol. The van der Waals surface area contributed by atoms with Crippen molar-refractivity contribution in [2.45, 2.75) is 13.8 Å². The van der Waals surface area contributed by atoms with Crippen LogP contribution in [0.15, 0.2) is 66.4 Å². The second kappa shape index (κ2) is 8.09. The van der Waals surface area contributed by atoms with Crippen molar-refractivity contribution in [1.82, 2.24) is 0 Å². The molecule has 0 fully saturated rings. The lowest BCUT2D eigenvalue weighted by atomic mass is 9.99. The Bertz CT molecular complexity index is 1330. The third-order valence-corrected chi connectivity index (χ3v) is 5.76. The minimum absolute atomic E-state index is 0.115. The van der Waals surface area contributed by atoms with Gasteiger partial charge in [-0.25, -0.2) is 9.29 Å². The zero-order valence-electron chi connectivity index (χ0n) is 18.1. The van der Waals surface area contributed by atoms with Gasteiger partial charge in [-0.3, -0.25) is 9.59 Å². The van der Waals surface area contributed by atoms with Crippen LogP contribution in [0.4, 0.5) is 15.8 Å². The van der Waals surface area contributed by atoms with Gasteiger partial charge < -0.3 is 14.8 Å². The molecule has 0 saturated carbocycles. The molecule has 3 aromatic rings. The summed E-state index contributed by atoms with van der Waals surface area (Å²) in [5.41, 5.74) is 3.74. The smallest absolute Gasteiger partial charge is 0.282 e. The average molecular weight is 444 g/mol. The summed E-state index contributed by atoms with van der Waals surface area (Å²) in [5, 5.41) is 3.11. The lowest BCUT2D eigenvalue weighted by Gasteiger charge is -2.19. The topological polar surface area (TPSA) is 67.9 Å². The molecule has 0 saturated heterocycles. The second-order valence-corrected chi connectivity index (χ2v) is 7.96. The Morgan fingerprint density at radius 2 is 1.64 bits per heavy atom. The maximum Gasteiger partial charge on any atom is 0.282 e. The molecule has 2 heterocycles. The van der Waals surface area contributed by atoms with Gasteiger partial charge in [-0.05, 0) is 60.9 Å². The van der Waals surface area contributed by atoms with E-state index < -0.39 is 17.6 Å². The molecule has 0 unspecified atom stereocenters. The summed E-state index contributed by atoms with van der Waals surface area (Å²) in [4.78, 5) is 28.0. The van der Waals surface area contributed by atoms with Crippen LogP contribution in [0.1, 0.15) is 16.7 Å². The minimum Gasteiger partial charge on any atom is -0.486 e. The van der Waals surface area contributed by atoms with Gasteiger partial charge in [0.1, 0.15) is 24.7 Å². The summed E-state index contributed by atoms with van der Waals surface area (Å²) in [6, 6.07) is 16.2. The molecule has 0 aromatic heterocycles. The molecule has 6 nitrogen and oxygen atoms in total. The van der Waals surface area contributed by atoms with E-state index in [9.17, 15) is 14.0 Å². The Balaban J connectivity index is 1.61. The third kappa shape index (κ3) is 3.71. The van der Waals surface area contributed by atoms with Crippen LogP contribution >= 0.6 is 0 Å². The van der Waals surface area contributed by atoms with E-state index in [0.717, 1.165) is 16.0 Å². The number of benzene rings is 3. The molecule has 2 amide bonds. The molecule has 5 rings (SSSR count). The number of fused-ring (bicyclic) bond motifs is 1. The fourth-order valence-electron chi connectivity index (χ4n) is 3.93. The van der Waals surface area contributed by atoms with E-state index in [1.165, 1.54) is 24.3 Å². The van der Waals surface area contributed by atoms with E-state index in [4.69, 9.17) is 9.47 Å². The summed E-state index contributed by atoms with van der Waals surface area (Å²) in [6.07, 6.45) is 0. The first-order valence-corrected chi connectivity index (χ1v) is 10.6.